The maximum atomic E-state index is 6.40. The van der Waals surface area contributed by atoms with Crippen LogP contribution in [0.2, 0.25) is 5.02 Å². The molecule has 2 rings (SSSR count). The van der Waals surface area contributed by atoms with Crippen LogP contribution in [0.25, 0.3) is 11.1 Å². The summed E-state index contributed by atoms with van der Waals surface area (Å²) in [6.07, 6.45) is 0. The van der Waals surface area contributed by atoms with Crippen molar-refractivity contribution in [3.63, 3.8) is 0 Å². The van der Waals surface area contributed by atoms with E-state index in [1.165, 1.54) is 5.56 Å². The van der Waals surface area contributed by atoms with Gasteiger partial charge in [0.2, 0.25) is 0 Å². The highest BCUT2D eigenvalue weighted by Gasteiger charge is 2.14. The SMILES string of the molecule is CNC(C)c1ccc(-c2c(C)nn(C)c2C)cc1Cl. The zero-order chi connectivity index (χ0) is 14.2. The van der Waals surface area contributed by atoms with E-state index in [9.17, 15) is 0 Å². The van der Waals surface area contributed by atoms with Crippen LogP contribution >= 0.6 is 11.6 Å². The van der Waals surface area contributed by atoms with Gasteiger partial charge in [0.15, 0.2) is 0 Å². The van der Waals surface area contributed by atoms with Gasteiger partial charge in [0.05, 0.1) is 5.69 Å². The van der Waals surface area contributed by atoms with Gasteiger partial charge in [-0.1, -0.05) is 23.7 Å². The summed E-state index contributed by atoms with van der Waals surface area (Å²) in [7, 11) is 3.90. The number of aryl methyl sites for hydroxylation is 2. The van der Waals surface area contributed by atoms with E-state index in [1.807, 2.05) is 31.8 Å². The minimum absolute atomic E-state index is 0.248. The van der Waals surface area contributed by atoms with E-state index >= 15 is 0 Å². The number of aromatic nitrogens is 2. The van der Waals surface area contributed by atoms with Crippen LogP contribution in [-0.4, -0.2) is 16.8 Å². The lowest BCUT2D eigenvalue weighted by Crippen LogP contribution is -2.12. The third kappa shape index (κ3) is 2.53. The van der Waals surface area contributed by atoms with Gasteiger partial charge >= 0.3 is 0 Å². The summed E-state index contributed by atoms with van der Waals surface area (Å²) in [6, 6.07) is 6.48. The molecule has 1 heterocycles. The van der Waals surface area contributed by atoms with Crippen molar-refractivity contribution in [3.8, 4) is 11.1 Å². The van der Waals surface area contributed by atoms with Crippen molar-refractivity contribution in [3.05, 3.63) is 40.2 Å². The average molecular weight is 278 g/mol. The van der Waals surface area contributed by atoms with Crippen molar-refractivity contribution in [1.29, 1.82) is 0 Å². The molecule has 19 heavy (non-hydrogen) atoms. The third-order valence-electron chi connectivity index (χ3n) is 3.70. The molecule has 0 aliphatic carbocycles. The Balaban J connectivity index is 2.50. The summed E-state index contributed by atoms with van der Waals surface area (Å²) in [4.78, 5) is 0. The Labute approximate surface area is 119 Å². The van der Waals surface area contributed by atoms with Crippen molar-refractivity contribution >= 4 is 11.6 Å². The molecule has 1 unspecified atom stereocenters. The van der Waals surface area contributed by atoms with Gasteiger partial charge in [-0.05, 0) is 45.0 Å². The molecule has 0 saturated heterocycles. The first kappa shape index (κ1) is 14.1. The van der Waals surface area contributed by atoms with E-state index in [2.05, 4.69) is 36.4 Å². The van der Waals surface area contributed by atoms with E-state index in [4.69, 9.17) is 11.6 Å². The van der Waals surface area contributed by atoms with E-state index in [-0.39, 0.29) is 6.04 Å². The molecule has 3 nitrogen and oxygen atoms in total. The molecule has 1 N–H and O–H groups in total. The molecule has 0 bridgehead atoms. The molecular weight excluding hydrogens is 258 g/mol. The molecule has 0 saturated carbocycles. The second kappa shape index (κ2) is 5.35. The first-order valence-electron chi connectivity index (χ1n) is 6.43. The van der Waals surface area contributed by atoms with Crippen LogP contribution in [0, 0.1) is 13.8 Å². The molecule has 0 spiro atoms. The monoisotopic (exact) mass is 277 g/mol. The van der Waals surface area contributed by atoms with Crippen LogP contribution in [0.4, 0.5) is 0 Å². The van der Waals surface area contributed by atoms with Crippen molar-refractivity contribution in [2.75, 3.05) is 7.05 Å². The first-order chi connectivity index (χ1) is 8.95. The van der Waals surface area contributed by atoms with Gasteiger partial charge < -0.3 is 5.32 Å². The first-order valence-corrected chi connectivity index (χ1v) is 6.80. The minimum atomic E-state index is 0.248. The van der Waals surface area contributed by atoms with E-state index in [0.717, 1.165) is 27.5 Å². The predicted octanol–water partition coefficient (Wildman–Crippen LogP) is 3.64. The summed E-state index contributed by atoms with van der Waals surface area (Å²) in [5.74, 6) is 0. The molecular formula is C15H20ClN3. The fourth-order valence-corrected chi connectivity index (χ4v) is 2.72. The van der Waals surface area contributed by atoms with Crippen LogP contribution in [0.15, 0.2) is 18.2 Å². The lowest BCUT2D eigenvalue weighted by Gasteiger charge is -2.14. The lowest BCUT2D eigenvalue weighted by atomic mass is 10.00. The van der Waals surface area contributed by atoms with Crippen molar-refractivity contribution in [1.82, 2.24) is 15.1 Å². The van der Waals surface area contributed by atoms with Gasteiger partial charge in [0.1, 0.15) is 0 Å². The second-order valence-corrected chi connectivity index (χ2v) is 5.32. The maximum absolute atomic E-state index is 6.40. The number of nitrogens with zero attached hydrogens (tertiary/aromatic N) is 2. The van der Waals surface area contributed by atoms with E-state index in [1.54, 1.807) is 0 Å². The molecule has 0 fully saturated rings. The lowest BCUT2D eigenvalue weighted by molar-refractivity contribution is 0.652. The quantitative estimate of drug-likeness (QED) is 0.928. The number of hydrogen-bond donors (Lipinski definition) is 1. The van der Waals surface area contributed by atoms with E-state index < -0.39 is 0 Å². The minimum Gasteiger partial charge on any atom is -0.313 e. The van der Waals surface area contributed by atoms with Gasteiger partial charge in [-0.25, -0.2) is 0 Å². The fraction of sp³-hybridized carbons (Fsp3) is 0.400. The molecule has 0 amide bonds. The average Bonchev–Trinajstić information content (AvgIpc) is 2.62. The molecule has 2 aromatic rings. The normalized spacial score (nSPS) is 12.7. The topological polar surface area (TPSA) is 29.9 Å². The molecule has 0 radical (unpaired) electrons. The molecule has 1 atom stereocenters. The molecule has 1 aromatic heterocycles. The van der Waals surface area contributed by atoms with Gasteiger partial charge in [-0.15, -0.1) is 0 Å². The second-order valence-electron chi connectivity index (χ2n) is 4.92. The number of rotatable bonds is 3. The number of nitrogens with one attached hydrogen (secondary N) is 1. The molecule has 0 aliphatic rings. The molecule has 1 aromatic carbocycles. The summed E-state index contributed by atoms with van der Waals surface area (Å²) in [5.41, 5.74) is 5.61. The summed E-state index contributed by atoms with van der Waals surface area (Å²) in [5, 5.41) is 8.45. The van der Waals surface area contributed by atoms with Gasteiger partial charge in [-0.2, -0.15) is 5.10 Å². The number of benzene rings is 1. The molecule has 4 heteroatoms. The van der Waals surface area contributed by atoms with Gasteiger partial charge in [0, 0.05) is 29.4 Å². The predicted molar refractivity (Wildman–Crippen MR) is 80.6 cm³/mol. The Morgan fingerprint density at radius 3 is 2.47 bits per heavy atom. The smallest absolute Gasteiger partial charge is 0.0674 e. The van der Waals surface area contributed by atoms with Gasteiger partial charge in [-0.3, -0.25) is 4.68 Å². The Morgan fingerprint density at radius 2 is 2.00 bits per heavy atom. The van der Waals surface area contributed by atoms with Crippen LogP contribution in [0.1, 0.15) is 29.9 Å². The number of hydrogen-bond acceptors (Lipinski definition) is 2. The van der Waals surface area contributed by atoms with Gasteiger partial charge in [0.25, 0.3) is 0 Å². The maximum Gasteiger partial charge on any atom is 0.0674 e. The van der Waals surface area contributed by atoms with Crippen LogP contribution in [-0.2, 0) is 7.05 Å². The Hall–Kier alpha value is -1.32. The fourth-order valence-electron chi connectivity index (χ4n) is 2.38. The highest BCUT2D eigenvalue weighted by Crippen LogP contribution is 2.32. The highest BCUT2D eigenvalue weighted by atomic mass is 35.5. The van der Waals surface area contributed by atoms with Crippen molar-refractivity contribution < 1.29 is 0 Å². The standard InChI is InChI=1S/C15H20ClN3/c1-9(17-4)13-7-6-12(8-14(13)16)15-10(2)18-19(5)11(15)3/h6-9,17H,1-5H3. The largest absolute Gasteiger partial charge is 0.313 e. The Kier molecular flexibility index (Phi) is 3.97. The van der Waals surface area contributed by atoms with Crippen LogP contribution in [0.5, 0.6) is 0 Å². The van der Waals surface area contributed by atoms with E-state index in [0.29, 0.717) is 0 Å². The zero-order valence-electron chi connectivity index (χ0n) is 12.1. The Morgan fingerprint density at radius 1 is 1.32 bits per heavy atom. The zero-order valence-corrected chi connectivity index (χ0v) is 12.8. The third-order valence-corrected chi connectivity index (χ3v) is 4.02. The summed E-state index contributed by atoms with van der Waals surface area (Å²) < 4.78 is 1.91. The molecule has 102 valence electrons. The highest BCUT2D eigenvalue weighted by molar-refractivity contribution is 6.31. The molecule has 0 aliphatic heterocycles. The summed E-state index contributed by atoms with van der Waals surface area (Å²) >= 11 is 6.40. The van der Waals surface area contributed by atoms with Crippen molar-refractivity contribution in [2.45, 2.75) is 26.8 Å². The summed E-state index contributed by atoms with van der Waals surface area (Å²) in [6.45, 7) is 6.20. The van der Waals surface area contributed by atoms with Crippen molar-refractivity contribution in [2.24, 2.45) is 7.05 Å². The number of halogens is 1. The van der Waals surface area contributed by atoms with Crippen LogP contribution < -0.4 is 5.32 Å². The Bertz CT molecular complexity index is 602. The van der Waals surface area contributed by atoms with Crippen LogP contribution in [0.3, 0.4) is 0 Å².